The average Bonchev–Trinajstić information content (AvgIpc) is 2.33. The Labute approximate surface area is 55.3 Å². The number of hydrogen-bond donors (Lipinski definition) is 1. The summed E-state index contributed by atoms with van der Waals surface area (Å²) in [6.45, 7) is 0. The number of rotatable bonds is 0. The van der Waals surface area contributed by atoms with Gasteiger partial charge in [0.1, 0.15) is 0 Å². The van der Waals surface area contributed by atoms with E-state index in [1.807, 2.05) is 0 Å². The summed E-state index contributed by atoms with van der Waals surface area (Å²) in [5.41, 5.74) is 0.286. The summed E-state index contributed by atoms with van der Waals surface area (Å²) in [7, 11) is 0. The van der Waals surface area contributed by atoms with Crippen LogP contribution in [-0.2, 0) is 0 Å². The van der Waals surface area contributed by atoms with E-state index >= 15 is 0 Å². The molecule has 1 N–H and O–H groups in total. The predicted octanol–water partition coefficient (Wildman–Crippen LogP) is -0.582. The van der Waals surface area contributed by atoms with Crippen molar-refractivity contribution in [3.8, 4) is 0 Å². The molecule has 0 aliphatic rings. The van der Waals surface area contributed by atoms with Crippen LogP contribution in [0.3, 0.4) is 0 Å². The third-order valence-corrected chi connectivity index (χ3v) is 1.18. The first kappa shape index (κ1) is 5.16. The van der Waals surface area contributed by atoms with Gasteiger partial charge in [-0.1, -0.05) is 0 Å². The van der Waals surface area contributed by atoms with Gasteiger partial charge in [-0.2, -0.15) is 10.1 Å². The number of fused-ring (bicyclic) bond motifs is 1. The fourth-order valence-corrected chi connectivity index (χ4v) is 0.743. The van der Waals surface area contributed by atoms with Gasteiger partial charge in [0.15, 0.2) is 5.65 Å². The summed E-state index contributed by atoms with van der Waals surface area (Å²) in [6.07, 6.45) is 3.07. The van der Waals surface area contributed by atoms with E-state index < -0.39 is 0 Å². The fraction of sp³-hybridized carbons (Fsp3) is 0. The number of nitrogens with one attached hydrogen (secondary N) is 1. The van der Waals surface area contributed by atoms with Crippen molar-refractivity contribution in [2.24, 2.45) is 0 Å². The lowest BCUT2D eigenvalue weighted by Gasteiger charge is -1.85. The molecule has 0 fully saturated rings. The third kappa shape index (κ3) is 0.604. The largest absolute Gasteiger partial charge is 0.273 e. The first-order valence-electron chi connectivity index (χ1n) is 2.75. The summed E-state index contributed by atoms with van der Waals surface area (Å²) in [5, 5.41) is 6.29. The Morgan fingerprint density at radius 1 is 1.60 bits per heavy atom. The van der Waals surface area contributed by atoms with E-state index in [2.05, 4.69) is 15.3 Å². The van der Waals surface area contributed by atoms with E-state index in [0.29, 0.717) is 5.65 Å². The van der Waals surface area contributed by atoms with Crippen LogP contribution in [0.15, 0.2) is 23.3 Å². The Kier molecular flexibility index (Phi) is 0.858. The molecule has 2 rings (SSSR count). The molecule has 10 heavy (non-hydrogen) atoms. The van der Waals surface area contributed by atoms with Crippen molar-refractivity contribution in [3.63, 3.8) is 0 Å². The summed E-state index contributed by atoms with van der Waals surface area (Å²) >= 11 is 0. The zero-order valence-electron chi connectivity index (χ0n) is 4.98. The Hall–Kier alpha value is -1.65. The minimum Gasteiger partial charge on any atom is -0.267 e. The van der Waals surface area contributed by atoms with Gasteiger partial charge in [0.2, 0.25) is 0 Å². The van der Waals surface area contributed by atoms with E-state index in [1.54, 1.807) is 10.7 Å². The van der Waals surface area contributed by atoms with Crippen molar-refractivity contribution in [1.82, 2.24) is 19.8 Å². The van der Waals surface area contributed by atoms with Crippen molar-refractivity contribution < 1.29 is 0 Å². The summed E-state index contributed by atoms with van der Waals surface area (Å²) in [4.78, 5) is 14.3. The molecule has 50 valence electrons. The minimum atomic E-state index is -0.249. The summed E-state index contributed by atoms with van der Waals surface area (Å²) in [5.74, 6) is 0. The maximum absolute atomic E-state index is 10.6. The molecule has 0 aliphatic heterocycles. The highest BCUT2D eigenvalue weighted by molar-refractivity contribution is 5.30. The molecule has 5 heteroatoms. The lowest BCUT2D eigenvalue weighted by molar-refractivity contribution is 0.843. The van der Waals surface area contributed by atoms with Crippen molar-refractivity contribution in [1.29, 1.82) is 0 Å². The molecule has 0 saturated heterocycles. The third-order valence-electron chi connectivity index (χ3n) is 1.18. The summed E-state index contributed by atoms with van der Waals surface area (Å²) < 4.78 is 1.56. The molecule has 0 atom stereocenters. The Balaban J connectivity index is 2.99. The first-order chi connectivity index (χ1) is 4.86. The minimum absolute atomic E-state index is 0.249. The molecule has 0 radical (unpaired) electrons. The topological polar surface area (TPSA) is 63.0 Å². The van der Waals surface area contributed by atoms with Crippen LogP contribution in [0.1, 0.15) is 0 Å². The Morgan fingerprint density at radius 2 is 2.50 bits per heavy atom. The molecule has 0 saturated carbocycles. The molecule has 0 spiro atoms. The highest BCUT2D eigenvalue weighted by atomic mass is 16.1. The standard InChI is InChI=1S/C5H4N4O/c10-5-1-2-9-4(7-5)3-6-8-9/h1-3,8H. The molecule has 2 aromatic rings. The number of H-pyrrole nitrogens is 1. The Bertz CT molecular complexity index is 401. The lowest BCUT2D eigenvalue weighted by Crippen LogP contribution is -2.05. The van der Waals surface area contributed by atoms with E-state index in [9.17, 15) is 4.79 Å². The highest BCUT2D eigenvalue weighted by Crippen LogP contribution is 1.86. The SMILES string of the molecule is O=c1ccn2[nH]ncc2n1. The van der Waals surface area contributed by atoms with Gasteiger partial charge in [0.05, 0.1) is 6.20 Å². The van der Waals surface area contributed by atoms with E-state index in [1.165, 1.54) is 12.3 Å². The van der Waals surface area contributed by atoms with Crippen LogP contribution in [0.25, 0.3) is 5.65 Å². The second kappa shape index (κ2) is 1.66. The second-order valence-electron chi connectivity index (χ2n) is 1.85. The molecule has 5 nitrogen and oxygen atoms in total. The zero-order valence-corrected chi connectivity index (χ0v) is 4.98. The van der Waals surface area contributed by atoms with E-state index in [4.69, 9.17) is 0 Å². The lowest BCUT2D eigenvalue weighted by atomic mass is 10.6. The number of aromatic amines is 1. The van der Waals surface area contributed by atoms with Gasteiger partial charge in [0, 0.05) is 12.3 Å². The predicted molar refractivity (Wildman–Crippen MR) is 33.6 cm³/mol. The van der Waals surface area contributed by atoms with Crippen molar-refractivity contribution in [2.45, 2.75) is 0 Å². The first-order valence-corrected chi connectivity index (χ1v) is 2.75. The molecule has 0 unspecified atom stereocenters. The van der Waals surface area contributed by atoms with Gasteiger partial charge in [-0.15, -0.1) is 0 Å². The van der Waals surface area contributed by atoms with Gasteiger partial charge < -0.3 is 0 Å². The Morgan fingerprint density at radius 3 is 3.40 bits per heavy atom. The van der Waals surface area contributed by atoms with Crippen molar-refractivity contribution in [3.05, 3.63) is 28.8 Å². The maximum Gasteiger partial charge on any atom is 0.273 e. The van der Waals surface area contributed by atoms with Crippen LogP contribution in [0.5, 0.6) is 0 Å². The van der Waals surface area contributed by atoms with Crippen LogP contribution in [0.2, 0.25) is 0 Å². The molecular formula is C5H4N4O. The monoisotopic (exact) mass is 136 g/mol. The average molecular weight is 136 g/mol. The van der Waals surface area contributed by atoms with Crippen LogP contribution in [0, 0.1) is 0 Å². The second-order valence-corrected chi connectivity index (χ2v) is 1.85. The van der Waals surface area contributed by atoms with Gasteiger partial charge >= 0.3 is 0 Å². The summed E-state index contributed by atoms with van der Waals surface area (Å²) in [6, 6.07) is 1.37. The maximum atomic E-state index is 10.6. The molecule has 0 bridgehead atoms. The van der Waals surface area contributed by atoms with E-state index in [-0.39, 0.29) is 5.56 Å². The molecule has 0 aromatic carbocycles. The fourth-order valence-electron chi connectivity index (χ4n) is 0.743. The molecular weight excluding hydrogens is 132 g/mol. The van der Waals surface area contributed by atoms with Crippen molar-refractivity contribution in [2.75, 3.05) is 0 Å². The van der Waals surface area contributed by atoms with Gasteiger partial charge in [-0.25, -0.2) is 9.73 Å². The van der Waals surface area contributed by atoms with Crippen LogP contribution in [-0.4, -0.2) is 19.8 Å². The van der Waals surface area contributed by atoms with Crippen LogP contribution in [0.4, 0.5) is 0 Å². The number of hydrogen-bond acceptors (Lipinski definition) is 3. The molecule has 2 aromatic heterocycles. The van der Waals surface area contributed by atoms with Crippen LogP contribution < -0.4 is 5.56 Å². The molecule has 0 amide bonds. The normalized spacial score (nSPS) is 10.4. The smallest absolute Gasteiger partial charge is 0.267 e. The molecule has 0 aliphatic carbocycles. The van der Waals surface area contributed by atoms with Gasteiger partial charge in [-0.3, -0.25) is 4.79 Å². The van der Waals surface area contributed by atoms with Crippen molar-refractivity contribution >= 4 is 5.65 Å². The van der Waals surface area contributed by atoms with E-state index in [0.717, 1.165) is 0 Å². The number of aromatic nitrogens is 4. The zero-order chi connectivity index (χ0) is 6.97. The quantitative estimate of drug-likeness (QED) is 0.526. The highest BCUT2D eigenvalue weighted by Gasteiger charge is 1.91. The van der Waals surface area contributed by atoms with Crippen LogP contribution >= 0.6 is 0 Å². The molecule has 2 heterocycles. The number of nitrogens with zero attached hydrogens (tertiary/aromatic N) is 3. The van der Waals surface area contributed by atoms with Gasteiger partial charge in [-0.05, 0) is 0 Å². The van der Waals surface area contributed by atoms with Gasteiger partial charge in [0.25, 0.3) is 5.56 Å².